The third kappa shape index (κ3) is 3.19. The fourth-order valence-electron chi connectivity index (χ4n) is 1.40. The Bertz CT molecular complexity index is 601. The van der Waals surface area contributed by atoms with E-state index in [0.717, 1.165) is 5.69 Å². The van der Waals surface area contributed by atoms with Gasteiger partial charge in [-0.1, -0.05) is 0 Å². The van der Waals surface area contributed by atoms with E-state index in [-0.39, 0.29) is 0 Å². The first kappa shape index (κ1) is 13.3. The van der Waals surface area contributed by atoms with Crippen molar-refractivity contribution in [2.75, 3.05) is 12.4 Å². The maximum atomic E-state index is 10.9. The van der Waals surface area contributed by atoms with Crippen molar-refractivity contribution in [3.05, 3.63) is 40.5 Å². The van der Waals surface area contributed by atoms with Crippen LogP contribution in [-0.4, -0.2) is 23.0 Å². The molecule has 2 aromatic rings. The third-order valence-electron chi connectivity index (χ3n) is 2.33. The zero-order valence-corrected chi connectivity index (χ0v) is 11.6. The van der Waals surface area contributed by atoms with Crippen molar-refractivity contribution in [3.63, 3.8) is 0 Å². The summed E-state index contributed by atoms with van der Waals surface area (Å²) >= 11 is 3.27. The van der Waals surface area contributed by atoms with E-state index >= 15 is 0 Å². The number of carbonyl (C=O) groups is 1. The number of hydrogen-bond acceptors (Lipinski definition) is 5. The first-order valence-electron chi connectivity index (χ1n) is 5.33. The zero-order chi connectivity index (χ0) is 13.8. The van der Waals surface area contributed by atoms with Gasteiger partial charge in [-0.2, -0.15) is 4.98 Å². The van der Waals surface area contributed by atoms with Crippen LogP contribution in [0.4, 0.5) is 11.6 Å². The number of halogens is 1. The van der Waals surface area contributed by atoms with Gasteiger partial charge in [0.1, 0.15) is 0 Å². The summed E-state index contributed by atoms with van der Waals surface area (Å²) in [5.74, 6) is 0.367. The number of primary amides is 1. The molecule has 0 aliphatic rings. The summed E-state index contributed by atoms with van der Waals surface area (Å²) in [5.41, 5.74) is 6.35. The molecule has 7 heteroatoms. The molecule has 0 aliphatic carbocycles. The highest BCUT2D eigenvalue weighted by molar-refractivity contribution is 9.10. The summed E-state index contributed by atoms with van der Waals surface area (Å²) in [4.78, 5) is 19.2. The van der Waals surface area contributed by atoms with Gasteiger partial charge in [0.2, 0.25) is 17.7 Å². The maximum Gasteiger partial charge on any atom is 0.248 e. The van der Waals surface area contributed by atoms with E-state index in [2.05, 4.69) is 31.2 Å². The number of aromatic nitrogens is 2. The van der Waals surface area contributed by atoms with Crippen molar-refractivity contribution in [2.45, 2.75) is 0 Å². The standard InChI is InChI=1S/C12H11BrN4O2/c1-19-11-9(13)6-15-12(17-11)16-8-4-2-7(3-5-8)10(14)18/h2-6H,1H3,(H2,14,18)(H,15,16,17). The van der Waals surface area contributed by atoms with Crippen LogP contribution in [0.25, 0.3) is 0 Å². The van der Waals surface area contributed by atoms with Gasteiger partial charge in [-0.05, 0) is 40.2 Å². The molecule has 1 amide bonds. The van der Waals surface area contributed by atoms with Gasteiger partial charge in [0.25, 0.3) is 0 Å². The minimum absolute atomic E-state index is 0.395. The SMILES string of the molecule is COc1nc(Nc2ccc(C(N)=O)cc2)ncc1Br. The minimum Gasteiger partial charge on any atom is -0.480 e. The van der Waals surface area contributed by atoms with Crippen molar-refractivity contribution in [1.29, 1.82) is 0 Å². The van der Waals surface area contributed by atoms with Crippen LogP contribution in [0.2, 0.25) is 0 Å². The van der Waals surface area contributed by atoms with Crippen LogP contribution in [0.15, 0.2) is 34.9 Å². The molecule has 6 nitrogen and oxygen atoms in total. The van der Waals surface area contributed by atoms with Gasteiger partial charge in [0.05, 0.1) is 17.8 Å². The molecular weight excluding hydrogens is 312 g/mol. The lowest BCUT2D eigenvalue weighted by molar-refractivity contribution is 0.100. The van der Waals surface area contributed by atoms with Gasteiger partial charge >= 0.3 is 0 Å². The van der Waals surface area contributed by atoms with Crippen LogP contribution in [0, 0.1) is 0 Å². The Kier molecular flexibility index (Phi) is 3.96. The number of amides is 1. The average Bonchev–Trinajstić information content (AvgIpc) is 2.41. The third-order valence-corrected chi connectivity index (χ3v) is 2.87. The number of ether oxygens (including phenoxy) is 1. The molecule has 2 rings (SSSR count). The first-order valence-corrected chi connectivity index (χ1v) is 6.13. The van der Waals surface area contributed by atoms with Crippen LogP contribution >= 0.6 is 15.9 Å². The molecule has 0 fully saturated rings. The fraction of sp³-hybridized carbons (Fsp3) is 0.0833. The highest BCUT2D eigenvalue weighted by Crippen LogP contribution is 2.23. The molecule has 3 N–H and O–H groups in total. The van der Waals surface area contributed by atoms with Gasteiger partial charge in [0, 0.05) is 11.3 Å². The number of nitrogens with one attached hydrogen (secondary N) is 1. The van der Waals surface area contributed by atoms with Gasteiger partial charge in [0.15, 0.2) is 0 Å². The largest absolute Gasteiger partial charge is 0.480 e. The number of hydrogen-bond donors (Lipinski definition) is 2. The van der Waals surface area contributed by atoms with Crippen molar-refractivity contribution in [3.8, 4) is 5.88 Å². The molecule has 0 spiro atoms. The maximum absolute atomic E-state index is 10.9. The van der Waals surface area contributed by atoms with E-state index in [9.17, 15) is 4.79 Å². The Morgan fingerprint density at radius 1 is 1.37 bits per heavy atom. The Labute approximate surface area is 118 Å². The second-order valence-electron chi connectivity index (χ2n) is 3.62. The quantitative estimate of drug-likeness (QED) is 0.899. The first-order chi connectivity index (χ1) is 9.10. The van der Waals surface area contributed by atoms with E-state index in [1.807, 2.05) is 0 Å². The summed E-state index contributed by atoms with van der Waals surface area (Å²) in [7, 11) is 1.53. The van der Waals surface area contributed by atoms with Crippen LogP contribution in [0.3, 0.4) is 0 Å². The molecule has 0 radical (unpaired) electrons. The molecule has 0 saturated carbocycles. The molecular formula is C12H11BrN4O2. The zero-order valence-electron chi connectivity index (χ0n) is 10.1. The normalized spacial score (nSPS) is 10.0. The molecule has 0 unspecified atom stereocenters. The topological polar surface area (TPSA) is 90.1 Å². The lowest BCUT2D eigenvalue weighted by Crippen LogP contribution is -2.10. The number of anilines is 2. The molecule has 0 saturated heterocycles. The smallest absolute Gasteiger partial charge is 0.248 e. The summed E-state index contributed by atoms with van der Waals surface area (Å²) in [6, 6.07) is 6.69. The van der Waals surface area contributed by atoms with E-state index in [1.165, 1.54) is 7.11 Å². The highest BCUT2D eigenvalue weighted by atomic mass is 79.9. The number of nitrogens with two attached hydrogens (primary N) is 1. The lowest BCUT2D eigenvalue weighted by atomic mass is 10.2. The van der Waals surface area contributed by atoms with Crippen molar-refractivity contribution in [2.24, 2.45) is 5.73 Å². The summed E-state index contributed by atoms with van der Waals surface area (Å²) in [6.07, 6.45) is 1.59. The van der Waals surface area contributed by atoms with Gasteiger partial charge < -0.3 is 15.8 Å². The highest BCUT2D eigenvalue weighted by Gasteiger charge is 2.06. The molecule has 98 valence electrons. The molecule has 0 atom stereocenters. The van der Waals surface area contributed by atoms with Gasteiger partial charge in [-0.3, -0.25) is 4.79 Å². The Morgan fingerprint density at radius 2 is 2.05 bits per heavy atom. The summed E-state index contributed by atoms with van der Waals surface area (Å²) < 4.78 is 5.75. The number of carbonyl (C=O) groups excluding carboxylic acids is 1. The Morgan fingerprint density at radius 3 is 2.63 bits per heavy atom. The van der Waals surface area contributed by atoms with Crippen LogP contribution in [0.1, 0.15) is 10.4 Å². The molecule has 0 bridgehead atoms. The molecule has 1 heterocycles. The number of methoxy groups -OCH3 is 1. The van der Waals surface area contributed by atoms with Crippen molar-refractivity contribution in [1.82, 2.24) is 9.97 Å². The number of nitrogens with zero attached hydrogens (tertiary/aromatic N) is 2. The van der Waals surface area contributed by atoms with Crippen LogP contribution in [0.5, 0.6) is 5.88 Å². The second-order valence-corrected chi connectivity index (χ2v) is 4.47. The van der Waals surface area contributed by atoms with E-state index in [0.29, 0.717) is 21.9 Å². The summed E-state index contributed by atoms with van der Waals surface area (Å²) in [6.45, 7) is 0. The van der Waals surface area contributed by atoms with Gasteiger partial charge in [-0.15, -0.1) is 0 Å². The van der Waals surface area contributed by atoms with Crippen LogP contribution in [-0.2, 0) is 0 Å². The van der Waals surface area contributed by atoms with Gasteiger partial charge in [-0.25, -0.2) is 4.98 Å². The average molecular weight is 323 g/mol. The van der Waals surface area contributed by atoms with E-state index in [4.69, 9.17) is 10.5 Å². The minimum atomic E-state index is -0.465. The lowest BCUT2D eigenvalue weighted by Gasteiger charge is -2.07. The predicted molar refractivity (Wildman–Crippen MR) is 74.5 cm³/mol. The molecule has 19 heavy (non-hydrogen) atoms. The fourth-order valence-corrected chi connectivity index (χ4v) is 1.75. The van der Waals surface area contributed by atoms with E-state index < -0.39 is 5.91 Å². The number of benzene rings is 1. The van der Waals surface area contributed by atoms with Crippen molar-refractivity contribution < 1.29 is 9.53 Å². The van der Waals surface area contributed by atoms with Crippen molar-refractivity contribution >= 4 is 33.5 Å². The summed E-state index contributed by atoms with van der Waals surface area (Å²) in [5, 5.41) is 3.00. The molecule has 1 aromatic heterocycles. The number of rotatable bonds is 4. The second kappa shape index (κ2) is 5.66. The monoisotopic (exact) mass is 322 g/mol. The Balaban J connectivity index is 2.19. The predicted octanol–water partition coefficient (Wildman–Crippen LogP) is 2.09. The molecule has 1 aromatic carbocycles. The molecule has 0 aliphatic heterocycles. The van der Waals surface area contributed by atoms with Crippen LogP contribution < -0.4 is 15.8 Å². The van der Waals surface area contributed by atoms with E-state index in [1.54, 1.807) is 30.5 Å². The Hall–Kier alpha value is -2.15.